The zero-order valence-corrected chi connectivity index (χ0v) is 11.5. The summed E-state index contributed by atoms with van der Waals surface area (Å²) in [4.78, 5) is 0. The van der Waals surface area contributed by atoms with Crippen LogP contribution in [0.5, 0.6) is 11.5 Å². The predicted molar refractivity (Wildman–Crippen MR) is 74.6 cm³/mol. The maximum atomic E-state index is 13.9. The Balaban J connectivity index is 2.24. The van der Waals surface area contributed by atoms with Gasteiger partial charge in [0, 0.05) is 11.6 Å². The second-order valence-electron chi connectivity index (χ2n) is 4.29. The Morgan fingerprint density at radius 3 is 2.30 bits per heavy atom. The molecule has 0 fully saturated rings. The molecule has 0 radical (unpaired) electrons. The Hall–Kier alpha value is -2.07. The van der Waals surface area contributed by atoms with Crippen LogP contribution in [0, 0.1) is 5.82 Å². The maximum absolute atomic E-state index is 13.9. The number of ether oxygens (including phenoxy) is 2. The summed E-state index contributed by atoms with van der Waals surface area (Å²) in [6, 6.07) is 11.4. The van der Waals surface area contributed by atoms with Crippen molar-refractivity contribution < 1.29 is 19.0 Å². The molecule has 0 aliphatic heterocycles. The van der Waals surface area contributed by atoms with Gasteiger partial charge in [-0.15, -0.1) is 0 Å². The molecule has 106 valence electrons. The van der Waals surface area contributed by atoms with Crippen molar-refractivity contribution in [3.05, 3.63) is 59.4 Å². The van der Waals surface area contributed by atoms with Gasteiger partial charge in [-0.2, -0.15) is 0 Å². The van der Waals surface area contributed by atoms with Crippen LogP contribution in [-0.4, -0.2) is 18.8 Å². The second kappa shape index (κ2) is 6.39. The van der Waals surface area contributed by atoms with Crippen LogP contribution in [0.1, 0.15) is 24.2 Å². The maximum Gasteiger partial charge on any atom is 0.133 e. The summed E-state index contributed by atoms with van der Waals surface area (Å²) in [5.41, 5.74) is 0.826. The van der Waals surface area contributed by atoms with Crippen LogP contribution in [0.15, 0.2) is 42.5 Å². The molecule has 0 aliphatic rings. The fourth-order valence-corrected chi connectivity index (χ4v) is 1.95. The largest absolute Gasteiger partial charge is 0.497 e. The first-order valence-electron chi connectivity index (χ1n) is 6.40. The number of aliphatic hydroxyl groups is 1. The highest BCUT2D eigenvalue weighted by atomic mass is 19.1. The zero-order valence-electron chi connectivity index (χ0n) is 11.5. The summed E-state index contributed by atoms with van der Waals surface area (Å²) in [5.74, 6) is 0.648. The number of hydrogen-bond donors (Lipinski definition) is 1. The van der Waals surface area contributed by atoms with Crippen LogP contribution < -0.4 is 9.47 Å². The van der Waals surface area contributed by atoms with Crippen molar-refractivity contribution in [1.82, 2.24) is 0 Å². The third kappa shape index (κ3) is 3.08. The van der Waals surface area contributed by atoms with Gasteiger partial charge in [-0.05, 0) is 36.8 Å². The number of methoxy groups -OCH3 is 1. The molecule has 20 heavy (non-hydrogen) atoms. The molecule has 1 atom stereocenters. The lowest BCUT2D eigenvalue weighted by molar-refractivity contribution is 0.214. The van der Waals surface area contributed by atoms with Gasteiger partial charge in [-0.25, -0.2) is 4.39 Å². The fourth-order valence-electron chi connectivity index (χ4n) is 1.95. The highest BCUT2D eigenvalue weighted by molar-refractivity contribution is 5.37. The van der Waals surface area contributed by atoms with E-state index in [0.717, 1.165) is 5.75 Å². The quantitative estimate of drug-likeness (QED) is 0.910. The minimum atomic E-state index is -1.02. The molecule has 0 bridgehead atoms. The van der Waals surface area contributed by atoms with Gasteiger partial charge >= 0.3 is 0 Å². The molecular formula is C16H17FO3. The average molecular weight is 276 g/mol. The molecule has 0 heterocycles. The Kier molecular flexibility index (Phi) is 4.58. The zero-order chi connectivity index (χ0) is 14.5. The fraction of sp³-hybridized carbons (Fsp3) is 0.250. The highest BCUT2D eigenvalue weighted by Crippen LogP contribution is 2.28. The number of hydrogen-bond acceptors (Lipinski definition) is 3. The molecule has 0 spiro atoms. The normalized spacial score (nSPS) is 12.0. The third-order valence-corrected chi connectivity index (χ3v) is 3.01. The van der Waals surface area contributed by atoms with E-state index >= 15 is 0 Å². The van der Waals surface area contributed by atoms with Crippen molar-refractivity contribution in [2.24, 2.45) is 0 Å². The number of aliphatic hydroxyl groups excluding tert-OH is 1. The van der Waals surface area contributed by atoms with Gasteiger partial charge in [-0.1, -0.05) is 12.1 Å². The lowest BCUT2D eigenvalue weighted by Crippen LogP contribution is -2.03. The van der Waals surface area contributed by atoms with Crippen molar-refractivity contribution in [2.45, 2.75) is 13.0 Å². The molecule has 2 aromatic carbocycles. The molecule has 0 aliphatic carbocycles. The average Bonchev–Trinajstić information content (AvgIpc) is 2.47. The van der Waals surface area contributed by atoms with Crippen LogP contribution in [0.2, 0.25) is 0 Å². The molecule has 0 amide bonds. The minimum absolute atomic E-state index is 0.218. The van der Waals surface area contributed by atoms with Crippen molar-refractivity contribution in [1.29, 1.82) is 0 Å². The van der Waals surface area contributed by atoms with Gasteiger partial charge in [-0.3, -0.25) is 0 Å². The van der Waals surface area contributed by atoms with Crippen molar-refractivity contribution >= 4 is 0 Å². The first-order valence-corrected chi connectivity index (χ1v) is 6.40. The minimum Gasteiger partial charge on any atom is -0.497 e. The highest BCUT2D eigenvalue weighted by Gasteiger charge is 2.15. The second-order valence-corrected chi connectivity index (χ2v) is 4.29. The summed E-state index contributed by atoms with van der Waals surface area (Å²) in [5, 5.41) is 10.2. The lowest BCUT2D eigenvalue weighted by atomic mass is 10.0. The summed E-state index contributed by atoms with van der Waals surface area (Å²) in [6.07, 6.45) is -1.02. The summed E-state index contributed by atoms with van der Waals surface area (Å²) in [7, 11) is 1.47. The SMILES string of the molecule is CCOc1ccc(C(O)c2ccc(OC)cc2F)cc1. The molecule has 4 heteroatoms. The number of rotatable bonds is 5. The molecule has 2 rings (SSSR count). The van der Waals surface area contributed by atoms with E-state index in [4.69, 9.17) is 9.47 Å². The van der Waals surface area contributed by atoms with E-state index in [9.17, 15) is 9.50 Å². The third-order valence-electron chi connectivity index (χ3n) is 3.01. The molecule has 1 unspecified atom stereocenters. The van der Waals surface area contributed by atoms with E-state index in [2.05, 4.69) is 0 Å². The molecule has 3 nitrogen and oxygen atoms in total. The van der Waals surface area contributed by atoms with E-state index in [1.807, 2.05) is 6.92 Å². The van der Waals surface area contributed by atoms with Gasteiger partial charge in [0.05, 0.1) is 13.7 Å². The summed E-state index contributed by atoms with van der Waals surface area (Å²) < 4.78 is 24.2. The molecule has 0 saturated carbocycles. The van der Waals surface area contributed by atoms with Gasteiger partial charge < -0.3 is 14.6 Å². The Labute approximate surface area is 117 Å². The van der Waals surface area contributed by atoms with Gasteiger partial charge in [0.2, 0.25) is 0 Å². The Morgan fingerprint density at radius 1 is 1.10 bits per heavy atom. The van der Waals surface area contributed by atoms with E-state index in [-0.39, 0.29) is 5.56 Å². The first-order chi connectivity index (χ1) is 9.65. The molecule has 0 saturated heterocycles. The molecule has 2 aromatic rings. The topological polar surface area (TPSA) is 38.7 Å². The summed E-state index contributed by atoms with van der Waals surface area (Å²) >= 11 is 0. The van der Waals surface area contributed by atoms with Crippen molar-refractivity contribution in [3.63, 3.8) is 0 Å². The Bertz CT molecular complexity index is 566. The van der Waals surface area contributed by atoms with Crippen LogP contribution in [-0.2, 0) is 0 Å². The number of halogens is 1. The first kappa shape index (κ1) is 14.3. The summed E-state index contributed by atoms with van der Waals surface area (Å²) in [6.45, 7) is 2.48. The van der Waals surface area contributed by atoms with E-state index in [1.165, 1.54) is 19.2 Å². The van der Waals surface area contributed by atoms with Gasteiger partial charge in [0.1, 0.15) is 23.4 Å². The Morgan fingerprint density at radius 2 is 1.75 bits per heavy atom. The van der Waals surface area contributed by atoms with E-state index < -0.39 is 11.9 Å². The molecular weight excluding hydrogens is 259 g/mol. The van der Waals surface area contributed by atoms with Crippen molar-refractivity contribution in [3.8, 4) is 11.5 Å². The van der Waals surface area contributed by atoms with E-state index in [1.54, 1.807) is 30.3 Å². The number of benzene rings is 2. The van der Waals surface area contributed by atoms with Crippen molar-refractivity contribution in [2.75, 3.05) is 13.7 Å². The smallest absolute Gasteiger partial charge is 0.133 e. The predicted octanol–water partition coefficient (Wildman–Crippen LogP) is 3.31. The van der Waals surface area contributed by atoms with Crippen LogP contribution >= 0.6 is 0 Å². The van der Waals surface area contributed by atoms with Crippen LogP contribution in [0.25, 0.3) is 0 Å². The van der Waals surface area contributed by atoms with Crippen LogP contribution in [0.3, 0.4) is 0 Å². The monoisotopic (exact) mass is 276 g/mol. The molecule has 0 aromatic heterocycles. The molecule has 1 N–H and O–H groups in total. The standard InChI is InChI=1S/C16H17FO3/c1-3-20-12-6-4-11(5-7-12)16(18)14-9-8-13(19-2)10-15(14)17/h4-10,16,18H,3H2,1-2H3. The van der Waals surface area contributed by atoms with Crippen LogP contribution in [0.4, 0.5) is 4.39 Å². The van der Waals surface area contributed by atoms with Gasteiger partial charge in [0.15, 0.2) is 0 Å². The van der Waals surface area contributed by atoms with Gasteiger partial charge in [0.25, 0.3) is 0 Å². The van der Waals surface area contributed by atoms with E-state index in [0.29, 0.717) is 17.9 Å². The lowest BCUT2D eigenvalue weighted by Gasteiger charge is -2.14.